The predicted molar refractivity (Wildman–Crippen MR) is 109 cm³/mol. The van der Waals surface area contributed by atoms with Gasteiger partial charge in [0.25, 0.3) is 0 Å². The van der Waals surface area contributed by atoms with Gasteiger partial charge >= 0.3 is 0 Å². The van der Waals surface area contributed by atoms with Gasteiger partial charge in [0.2, 0.25) is 0 Å². The van der Waals surface area contributed by atoms with Crippen LogP contribution in [0, 0.1) is 6.92 Å². The summed E-state index contributed by atoms with van der Waals surface area (Å²) < 4.78 is 16.7. The van der Waals surface area contributed by atoms with Crippen molar-refractivity contribution < 1.29 is 19.3 Å². The fraction of sp³-hybridized carbons (Fsp3) is 0.727. The highest BCUT2D eigenvalue weighted by atomic mass is 16.5. The van der Waals surface area contributed by atoms with Crippen LogP contribution in [0.25, 0.3) is 0 Å². The number of methoxy groups -OCH3 is 1. The average Bonchev–Trinajstić information content (AvgIpc) is 2.58. The summed E-state index contributed by atoms with van der Waals surface area (Å²) in [5, 5.41) is 10.7. The molecule has 0 radical (unpaired) electrons. The number of hydrogen-bond donors (Lipinski definition) is 1. The van der Waals surface area contributed by atoms with Gasteiger partial charge in [-0.05, 0) is 71.6 Å². The molecule has 0 amide bonds. The Morgan fingerprint density at radius 1 is 1.04 bits per heavy atom. The average molecular weight is 380 g/mol. The van der Waals surface area contributed by atoms with E-state index in [0.29, 0.717) is 31.3 Å². The van der Waals surface area contributed by atoms with Crippen LogP contribution in [-0.4, -0.2) is 60.7 Å². The van der Waals surface area contributed by atoms with Gasteiger partial charge in [-0.15, -0.1) is 0 Å². The molecule has 1 heterocycles. The molecule has 5 heteroatoms. The summed E-state index contributed by atoms with van der Waals surface area (Å²) in [6.07, 6.45) is 2.97. The second kappa shape index (κ2) is 9.26. The number of aryl methyl sites for hydroxylation is 1. The van der Waals surface area contributed by atoms with Gasteiger partial charge in [0.1, 0.15) is 19.3 Å². The molecule has 1 saturated heterocycles. The molecular formula is C22H37NO4. The van der Waals surface area contributed by atoms with Crippen molar-refractivity contribution >= 4 is 0 Å². The fourth-order valence-corrected chi connectivity index (χ4v) is 4.07. The number of hydrogen-bond acceptors (Lipinski definition) is 5. The molecule has 2 rings (SSSR count). The van der Waals surface area contributed by atoms with Gasteiger partial charge in [-0.1, -0.05) is 6.07 Å². The van der Waals surface area contributed by atoms with E-state index in [1.54, 1.807) is 7.11 Å². The van der Waals surface area contributed by atoms with Crippen LogP contribution in [0.1, 0.15) is 52.5 Å². The Kier molecular flexibility index (Phi) is 7.55. The van der Waals surface area contributed by atoms with Gasteiger partial charge < -0.3 is 19.3 Å². The molecule has 0 aromatic heterocycles. The molecule has 1 aromatic rings. The maximum Gasteiger partial charge on any atom is 0.161 e. The number of likely N-dealkylation sites (tertiary alicyclic amines) is 1. The maximum absolute atomic E-state index is 10.7. The number of benzene rings is 1. The number of piperidine rings is 1. The van der Waals surface area contributed by atoms with E-state index in [4.69, 9.17) is 14.2 Å². The third-order valence-corrected chi connectivity index (χ3v) is 5.51. The first-order chi connectivity index (χ1) is 12.7. The third-order valence-electron chi connectivity index (χ3n) is 5.51. The zero-order valence-electron chi connectivity index (χ0n) is 17.9. The van der Waals surface area contributed by atoms with E-state index < -0.39 is 6.10 Å². The van der Waals surface area contributed by atoms with E-state index >= 15 is 0 Å². The molecule has 1 atom stereocenters. The maximum atomic E-state index is 10.7. The molecular weight excluding hydrogens is 342 g/mol. The van der Waals surface area contributed by atoms with E-state index in [1.165, 1.54) is 6.42 Å². The molecule has 27 heavy (non-hydrogen) atoms. The molecule has 0 spiro atoms. The second-order valence-corrected chi connectivity index (χ2v) is 8.85. The first-order valence-electron chi connectivity index (χ1n) is 9.97. The van der Waals surface area contributed by atoms with Gasteiger partial charge in [0.15, 0.2) is 11.5 Å². The second-order valence-electron chi connectivity index (χ2n) is 8.85. The Balaban J connectivity index is 1.98. The first-order valence-corrected chi connectivity index (χ1v) is 9.97. The van der Waals surface area contributed by atoms with E-state index in [9.17, 15) is 5.11 Å². The summed E-state index contributed by atoms with van der Waals surface area (Å²) in [6.45, 7) is 12.9. The van der Waals surface area contributed by atoms with E-state index in [2.05, 4.69) is 32.6 Å². The highest BCUT2D eigenvalue weighted by molar-refractivity contribution is 5.42. The SMILES string of the molecule is COCCOc1ccc(C)cc1OCC(O)CN1C(C)(C)CCCC1(C)C. The van der Waals surface area contributed by atoms with Crippen molar-refractivity contribution in [3.8, 4) is 11.5 Å². The lowest BCUT2D eigenvalue weighted by Crippen LogP contribution is -2.60. The van der Waals surface area contributed by atoms with Crippen LogP contribution >= 0.6 is 0 Å². The lowest BCUT2D eigenvalue weighted by atomic mass is 9.79. The van der Waals surface area contributed by atoms with Gasteiger partial charge in [0, 0.05) is 24.7 Å². The normalized spacial score (nSPS) is 20.3. The van der Waals surface area contributed by atoms with E-state index in [0.717, 1.165) is 18.4 Å². The molecule has 1 aliphatic rings. The largest absolute Gasteiger partial charge is 0.487 e. The van der Waals surface area contributed by atoms with Crippen LogP contribution in [-0.2, 0) is 4.74 Å². The fourth-order valence-electron chi connectivity index (χ4n) is 4.07. The van der Waals surface area contributed by atoms with Crippen LogP contribution in [0.15, 0.2) is 18.2 Å². The highest BCUT2D eigenvalue weighted by Gasteiger charge is 2.41. The smallest absolute Gasteiger partial charge is 0.161 e. The summed E-state index contributed by atoms with van der Waals surface area (Å²) >= 11 is 0. The predicted octanol–water partition coefficient (Wildman–Crippen LogP) is 3.80. The lowest BCUT2D eigenvalue weighted by Gasteiger charge is -2.53. The first kappa shape index (κ1) is 22.0. The number of aliphatic hydroxyl groups is 1. The molecule has 0 saturated carbocycles. The van der Waals surface area contributed by atoms with Crippen molar-refractivity contribution in [3.63, 3.8) is 0 Å². The van der Waals surface area contributed by atoms with Crippen LogP contribution in [0.4, 0.5) is 0 Å². The van der Waals surface area contributed by atoms with Crippen molar-refractivity contribution in [1.29, 1.82) is 0 Å². The molecule has 1 unspecified atom stereocenters. The molecule has 1 N–H and O–H groups in total. The van der Waals surface area contributed by atoms with Crippen LogP contribution < -0.4 is 9.47 Å². The molecule has 1 aromatic carbocycles. The number of aliphatic hydroxyl groups excluding tert-OH is 1. The van der Waals surface area contributed by atoms with Gasteiger partial charge in [-0.3, -0.25) is 4.90 Å². The van der Waals surface area contributed by atoms with Crippen molar-refractivity contribution in [2.75, 3.05) is 33.5 Å². The number of ether oxygens (including phenoxy) is 3. The minimum Gasteiger partial charge on any atom is -0.487 e. The van der Waals surface area contributed by atoms with Crippen LogP contribution in [0.3, 0.4) is 0 Å². The van der Waals surface area contributed by atoms with Crippen molar-refractivity contribution in [2.45, 2.75) is 71.1 Å². The Hall–Kier alpha value is -1.30. The molecule has 5 nitrogen and oxygen atoms in total. The molecule has 0 bridgehead atoms. The molecule has 1 fully saturated rings. The topological polar surface area (TPSA) is 51.2 Å². The quantitative estimate of drug-likeness (QED) is 0.662. The zero-order valence-corrected chi connectivity index (χ0v) is 17.9. The summed E-state index contributed by atoms with van der Waals surface area (Å²) in [6, 6.07) is 5.84. The van der Waals surface area contributed by atoms with E-state index in [1.807, 2.05) is 25.1 Å². The molecule has 154 valence electrons. The third kappa shape index (κ3) is 6.09. The monoisotopic (exact) mass is 379 g/mol. The summed E-state index contributed by atoms with van der Waals surface area (Å²) in [5.74, 6) is 1.35. The summed E-state index contributed by atoms with van der Waals surface area (Å²) in [4.78, 5) is 2.43. The van der Waals surface area contributed by atoms with Crippen molar-refractivity contribution in [2.24, 2.45) is 0 Å². The highest BCUT2D eigenvalue weighted by Crippen LogP contribution is 2.38. The Morgan fingerprint density at radius 3 is 2.33 bits per heavy atom. The number of nitrogens with zero attached hydrogens (tertiary/aromatic N) is 1. The Morgan fingerprint density at radius 2 is 1.70 bits per heavy atom. The zero-order chi connectivity index (χ0) is 20.1. The number of rotatable bonds is 9. The van der Waals surface area contributed by atoms with Gasteiger partial charge in [-0.2, -0.15) is 0 Å². The van der Waals surface area contributed by atoms with Crippen molar-refractivity contribution in [1.82, 2.24) is 4.90 Å². The van der Waals surface area contributed by atoms with Crippen molar-refractivity contribution in [3.05, 3.63) is 23.8 Å². The van der Waals surface area contributed by atoms with Crippen LogP contribution in [0.2, 0.25) is 0 Å². The Bertz CT molecular complexity index is 584. The lowest BCUT2D eigenvalue weighted by molar-refractivity contribution is -0.0608. The van der Waals surface area contributed by atoms with Gasteiger partial charge in [-0.25, -0.2) is 0 Å². The Labute approximate surface area is 164 Å². The van der Waals surface area contributed by atoms with Gasteiger partial charge in [0.05, 0.1) is 6.61 Å². The standard InChI is InChI=1S/C22H37NO4/c1-17-8-9-19(26-13-12-25-6)20(14-17)27-16-18(24)15-23-21(2,3)10-7-11-22(23,4)5/h8-9,14,18,24H,7,10-13,15-16H2,1-6H3. The van der Waals surface area contributed by atoms with Crippen LogP contribution in [0.5, 0.6) is 11.5 Å². The number of β-amino-alcohol motifs (C(OH)–C–C–N with tert-alkyl or cyclic N) is 1. The molecule has 0 aliphatic carbocycles. The minimum absolute atomic E-state index is 0.0838. The summed E-state index contributed by atoms with van der Waals surface area (Å²) in [7, 11) is 1.65. The molecule has 1 aliphatic heterocycles. The minimum atomic E-state index is -0.561. The van der Waals surface area contributed by atoms with E-state index in [-0.39, 0.29) is 17.7 Å². The summed E-state index contributed by atoms with van der Waals surface area (Å²) in [5.41, 5.74) is 1.26.